The van der Waals surface area contributed by atoms with Gasteiger partial charge in [0.25, 0.3) is 0 Å². The summed E-state index contributed by atoms with van der Waals surface area (Å²) in [5, 5.41) is 7.34. The number of aromatic nitrogens is 2. The van der Waals surface area contributed by atoms with Gasteiger partial charge in [0.15, 0.2) is 0 Å². The Bertz CT molecular complexity index is 648. The number of anilines is 1. The molecule has 0 bridgehead atoms. The fourth-order valence-electron chi connectivity index (χ4n) is 2.17. The number of hydrogen-bond acceptors (Lipinski definition) is 5. The zero-order chi connectivity index (χ0) is 14.1. The average molecular weight is 290 g/mol. The molecule has 1 aliphatic carbocycles. The second kappa shape index (κ2) is 5.36. The molecular formula is C14H18N4OS. The first-order valence-electron chi connectivity index (χ1n) is 6.89. The van der Waals surface area contributed by atoms with Crippen molar-refractivity contribution in [1.29, 1.82) is 0 Å². The highest BCUT2D eigenvalue weighted by Gasteiger charge is 2.28. The second-order valence-electron chi connectivity index (χ2n) is 5.18. The molecule has 1 fully saturated rings. The zero-order valence-electron chi connectivity index (χ0n) is 11.7. The minimum Gasteiger partial charge on any atom is -0.368 e. The van der Waals surface area contributed by atoms with Gasteiger partial charge < -0.3 is 10.6 Å². The summed E-state index contributed by atoms with van der Waals surface area (Å²) in [5.74, 6) is 1.31. The van der Waals surface area contributed by atoms with E-state index in [1.807, 2.05) is 0 Å². The van der Waals surface area contributed by atoms with Gasteiger partial charge in [-0.05, 0) is 32.3 Å². The van der Waals surface area contributed by atoms with Gasteiger partial charge in [-0.15, -0.1) is 11.3 Å². The van der Waals surface area contributed by atoms with Gasteiger partial charge >= 0.3 is 0 Å². The molecule has 2 aromatic rings. The Morgan fingerprint density at radius 3 is 2.90 bits per heavy atom. The van der Waals surface area contributed by atoms with Crippen LogP contribution in [-0.2, 0) is 4.79 Å². The van der Waals surface area contributed by atoms with Crippen LogP contribution >= 0.6 is 11.3 Å². The Balaban J connectivity index is 1.63. The average Bonchev–Trinajstić information content (AvgIpc) is 3.23. The molecule has 1 saturated carbocycles. The van der Waals surface area contributed by atoms with Gasteiger partial charge in [0, 0.05) is 23.9 Å². The van der Waals surface area contributed by atoms with Crippen LogP contribution in [0.2, 0.25) is 0 Å². The molecule has 2 N–H and O–H groups in total. The van der Waals surface area contributed by atoms with Crippen LogP contribution in [0.4, 0.5) is 5.82 Å². The molecule has 2 aromatic heterocycles. The lowest BCUT2D eigenvalue weighted by Gasteiger charge is -2.08. The number of rotatable bonds is 5. The summed E-state index contributed by atoms with van der Waals surface area (Å²) in [6.45, 7) is 5.50. The Labute approximate surface area is 121 Å². The van der Waals surface area contributed by atoms with Crippen LogP contribution in [-0.4, -0.2) is 29.0 Å². The summed E-state index contributed by atoms with van der Waals surface area (Å²) in [7, 11) is 0. The molecular weight excluding hydrogens is 272 g/mol. The van der Waals surface area contributed by atoms with Gasteiger partial charge in [0.1, 0.15) is 17.0 Å². The van der Waals surface area contributed by atoms with E-state index in [0.717, 1.165) is 28.9 Å². The van der Waals surface area contributed by atoms with E-state index in [0.29, 0.717) is 13.1 Å². The molecule has 0 spiro atoms. The maximum atomic E-state index is 11.5. The van der Waals surface area contributed by atoms with Crippen molar-refractivity contribution in [1.82, 2.24) is 15.3 Å². The van der Waals surface area contributed by atoms with E-state index in [4.69, 9.17) is 0 Å². The van der Waals surface area contributed by atoms with Crippen molar-refractivity contribution in [3.05, 3.63) is 16.8 Å². The Morgan fingerprint density at radius 1 is 1.35 bits per heavy atom. The van der Waals surface area contributed by atoms with Crippen LogP contribution in [0.1, 0.15) is 23.3 Å². The number of fused-ring (bicyclic) bond motifs is 1. The molecule has 0 unspecified atom stereocenters. The van der Waals surface area contributed by atoms with Crippen LogP contribution < -0.4 is 10.6 Å². The minimum absolute atomic E-state index is 0.183. The van der Waals surface area contributed by atoms with Crippen molar-refractivity contribution in [2.45, 2.75) is 26.7 Å². The fraction of sp³-hybridized carbons (Fsp3) is 0.500. The van der Waals surface area contributed by atoms with Crippen molar-refractivity contribution in [3.63, 3.8) is 0 Å². The minimum atomic E-state index is 0.183. The molecule has 2 heterocycles. The van der Waals surface area contributed by atoms with Gasteiger partial charge in [0.05, 0.1) is 5.39 Å². The van der Waals surface area contributed by atoms with Crippen LogP contribution in [0, 0.1) is 19.8 Å². The highest BCUT2D eigenvalue weighted by Crippen LogP contribution is 2.32. The molecule has 0 radical (unpaired) electrons. The quantitative estimate of drug-likeness (QED) is 0.829. The second-order valence-corrected chi connectivity index (χ2v) is 6.38. The number of carbonyl (C=O) groups is 1. The Hall–Kier alpha value is -1.69. The number of nitrogens with zero attached hydrogens (tertiary/aromatic N) is 2. The highest BCUT2D eigenvalue weighted by atomic mass is 32.1. The predicted octanol–water partition coefficient (Wildman–Crippen LogP) is 2.25. The summed E-state index contributed by atoms with van der Waals surface area (Å²) < 4.78 is 0. The molecule has 1 amide bonds. The van der Waals surface area contributed by atoms with Gasteiger partial charge in [-0.1, -0.05) is 0 Å². The monoisotopic (exact) mass is 290 g/mol. The summed E-state index contributed by atoms with van der Waals surface area (Å²) in [6.07, 6.45) is 3.67. The third-order valence-corrected chi connectivity index (χ3v) is 4.75. The number of nitrogens with one attached hydrogen (secondary N) is 2. The lowest BCUT2D eigenvalue weighted by molar-refractivity contribution is -0.122. The first-order valence-corrected chi connectivity index (χ1v) is 7.70. The summed E-state index contributed by atoms with van der Waals surface area (Å²) >= 11 is 1.69. The number of carbonyl (C=O) groups excluding carboxylic acids is 1. The van der Waals surface area contributed by atoms with Crippen LogP contribution in [0.25, 0.3) is 10.2 Å². The van der Waals surface area contributed by atoms with Gasteiger partial charge in [-0.3, -0.25) is 4.79 Å². The van der Waals surface area contributed by atoms with E-state index < -0.39 is 0 Å². The van der Waals surface area contributed by atoms with E-state index >= 15 is 0 Å². The first-order chi connectivity index (χ1) is 9.66. The first kappa shape index (κ1) is 13.3. The lowest BCUT2D eigenvalue weighted by Crippen LogP contribution is -2.29. The van der Waals surface area contributed by atoms with Crippen LogP contribution in [0.3, 0.4) is 0 Å². The molecule has 0 aliphatic heterocycles. The normalized spacial score (nSPS) is 14.5. The SMILES string of the molecule is Cc1sc2ncnc(NCCNC(=O)C3CC3)c2c1C. The van der Waals surface area contributed by atoms with Gasteiger partial charge in [0.2, 0.25) is 5.91 Å². The Kier molecular flexibility index (Phi) is 3.56. The van der Waals surface area contributed by atoms with Gasteiger partial charge in [-0.25, -0.2) is 9.97 Å². The highest BCUT2D eigenvalue weighted by molar-refractivity contribution is 7.18. The van der Waals surface area contributed by atoms with Crippen LogP contribution in [0.5, 0.6) is 0 Å². The molecule has 0 saturated heterocycles. The molecule has 3 rings (SSSR count). The van der Waals surface area contributed by atoms with E-state index in [2.05, 4.69) is 34.4 Å². The number of aryl methyl sites for hydroxylation is 2. The summed E-state index contributed by atoms with van der Waals surface area (Å²) in [5.41, 5.74) is 1.23. The molecule has 106 valence electrons. The number of thiophene rings is 1. The van der Waals surface area contributed by atoms with Crippen LogP contribution in [0.15, 0.2) is 6.33 Å². The smallest absolute Gasteiger partial charge is 0.223 e. The predicted molar refractivity (Wildman–Crippen MR) is 81.1 cm³/mol. The summed E-state index contributed by atoms with van der Waals surface area (Å²) in [6, 6.07) is 0. The van der Waals surface area contributed by atoms with Crippen molar-refractivity contribution in [2.24, 2.45) is 5.92 Å². The van der Waals surface area contributed by atoms with E-state index in [1.54, 1.807) is 17.7 Å². The number of amides is 1. The van der Waals surface area contributed by atoms with E-state index in [9.17, 15) is 4.79 Å². The van der Waals surface area contributed by atoms with Crippen molar-refractivity contribution >= 4 is 33.3 Å². The fourth-order valence-corrected chi connectivity index (χ4v) is 3.17. The third kappa shape index (κ3) is 2.60. The van der Waals surface area contributed by atoms with Gasteiger partial charge in [-0.2, -0.15) is 0 Å². The standard InChI is InChI=1S/C14H18N4OS/c1-8-9(2)20-14-11(8)12(17-7-18-14)15-5-6-16-13(19)10-3-4-10/h7,10H,3-6H2,1-2H3,(H,16,19)(H,15,17,18). The molecule has 0 aromatic carbocycles. The molecule has 1 aliphatic rings. The lowest BCUT2D eigenvalue weighted by atomic mass is 10.2. The number of hydrogen-bond donors (Lipinski definition) is 2. The van der Waals surface area contributed by atoms with Crippen molar-refractivity contribution in [3.8, 4) is 0 Å². The zero-order valence-corrected chi connectivity index (χ0v) is 12.5. The largest absolute Gasteiger partial charge is 0.368 e. The van der Waals surface area contributed by atoms with Crippen molar-refractivity contribution < 1.29 is 4.79 Å². The van der Waals surface area contributed by atoms with Crippen molar-refractivity contribution in [2.75, 3.05) is 18.4 Å². The third-order valence-electron chi connectivity index (χ3n) is 3.63. The maximum absolute atomic E-state index is 11.5. The molecule has 0 atom stereocenters. The molecule has 5 nitrogen and oxygen atoms in total. The molecule has 6 heteroatoms. The van der Waals surface area contributed by atoms with E-state index in [-0.39, 0.29) is 11.8 Å². The summed E-state index contributed by atoms with van der Waals surface area (Å²) in [4.78, 5) is 22.4. The van der Waals surface area contributed by atoms with E-state index in [1.165, 1.54) is 10.4 Å². The maximum Gasteiger partial charge on any atom is 0.223 e. The Morgan fingerprint density at radius 2 is 2.15 bits per heavy atom. The molecule has 20 heavy (non-hydrogen) atoms. The topological polar surface area (TPSA) is 66.9 Å².